The molecule has 1 heterocycles. The second-order valence-corrected chi connectivity index (χ2v) is 7.32. The highest BCUT2D eigenvalue weighted by Crippen LogP contribution is 2.42. The van der Waals surface area contributed by atoms with E-state index in [0.717, 1.165) is 29.2 Å². The van der Waals surface area contributed by atoms with Crippen LogP contribution in [-0.4, -0.2) is 46.2 Å². The smallest absolute Gasteiger partial charge is 0.258 e. The topological polar surface area (TPSA) is 91.9 Å². The summed E-state index contributed by atoms with van der Waals surface area (Å²) in [4.78, 5) is 26.6. The number of hydrogen-bond donors (Lipinski definition) is 3. The lowest BCUT2D eigenvalue weighted by Gasteiger charge is -2.19. The Balaban J connectivity index is 1.87. The van der Waals surface area contributed by atoms with Crippen molar-refractivity contribution in [1.29, 1.82) is 0 Å². The van der Waals surface area contributed by atoms with Crippen molar-refractivity contribution in [2.75, 3.05) is 49.9 Å². The average molecular weight is 439 g/mol. The first kappa shape index (κ1) is 23.1. The zero-order valence-corrected chi connectivity index (χ0v) is 19.2. The maximum absolute atomic E-state index is 12.8. The summed E-state index contributed by atoms with van der Waals surface area (Å²) in [5.41, 5.74) is 4.44. The normalized spacial score (nSPS) is 13.8. The van der Waals surface area contributed by atoms with Crippen LogP contribution in [0, 0.1) is 0 Å². The molecule has 2 amide bonds. The van der Waals surface area contributed by atoms with Gasteiger partial charge in [-0.1, -0.05) is 13.8 Å². The highest BCUT2D eigenvalue weighted by molar-refractivity contribution is 6.32. The molecule has 0 aliphatic carbocycles. The third-order valence-corrected chi connectivity index (χ3v) is 5.37. The lowest BCUT2D eigenvalue weighted by atomic mass is 10.0. The van der Waals surface area contributed by atoms with E-state index in [1.807, 2.05) is 44.2 Å². The van der Waals surface area contributed by atoms with Crippen molar-refractivity contribution in [3.8, 4) is 11.5 Å². The molecule has 0 radical (unpaired) electrons. The summed E-state index contributed by atoms with van der Waals surface area (Å²) in [5, 5.41) is 9.31. The molecule has 0 bridgehead atoms. The van der Waals surface area contributed by atoms with E-state index >= 15 is 0 Å². The highest BCUT2D eigenvalue weighted by Gasteiger charge is 2.29. The maximum Gasteiger partial charge on any atom is 0.258 e. The van der Waals surface area contributed by atoms with Crippen LogP contribution in [-0.2, 0) is 9.59 Å². The number of rotatable bonds is 9. The lowest BCUT2D eigenvalue weighted by molar-refractivity contribution is -0.117. The molecule has 8 nitrogen and oxygen atoms in total. The minimum absolute atomic E-state index is 0.00691. The number of nitrogens with zero attached hydrogens (tertiary/aromatic N) is 1. The van der Waals surface area contributed by atoms with Crippen LogP contribution in [0.3, 0.4) is 0 Å². The zero-order valence-electron chi connectivity index (χ0n) is 19.2. The number of methoxy groups -OCH3 is 2. The molecule has 0 saturated heterocycles. The van der Waals surface area contributed by atoms with Gasteiger partial charge in [-0.15, -0.1) is 0 Å². The number of anilines is 3. The van der Waals surface area contributed by atoms with Crippen LogP contribution in [0.25, 0.3) is 5.57 Å². The van der Waals surface area contributed by atoms with Crippen molar-refractivity contribution < 1.29 is 19.1 Å². The van der Waals surface area contributed by atoms with E-state index < -0.39 is 0 Å². The predicted molar refractivity (Wildman–Crippen MR) is 127 cm³/mol. The molecule has 0 spiro atoms. The van der Waals surface area contributed by atoms with Gasteiger partial charge in [0.15, 0.2) is 11.5 Å². The third-order valence-electron chi connectivity index (χ3n) is 5.37. The Labute approximate surface area is 188 Å². The van der Waals surface area contributed by atoms with E-state index in [1.165, 1.54) is 0 Å². The molecule has 0 unspecified atom stereocenters. The number of amides is 2. The number of benzene rings is 2. The van der Waals surface area contributed by atoms with E-state index in [-0.39, 0.29) is 11.8 Å². The van der Waals surface area contributed by atoms with Crippen LogP contribution in [0.2, 0.25) is 0 Å². The van der Waals surface area contributed by atoms with E-state index in [9.17, 15) is 9.59 Å². The van der Waals surface area contributed by atoms with Gasteiger partial charge in [-0.3, -0.25) is 9.59 Å². The van der Waals surface area contributed by atoms with E-state index in [1.54, 1.807) is 32.2 Å². The van der Waals surface area contributed by atoms with Crippen LogP contribution >= 0.6 is 0 Å². The minimum atomic E-state index is -0.176. The minimum Gasteiger partial charge on any atom is -0.493 e. The van der Waals surface area contributed by atoms with Gasteiger partial charge in [0.2, 0.25) is 5.91 Å². The molecule has 3 N–H and O–H groups in total. The Bertz CT molecular complexity index is 1030. The quantitative estimate of drug-likeness (QED) is 0.520. The van der Waals surface area contributed by atoms with Crippen LogP contribution in [0.4, 0.5) is 17.1 Å². The molecule has 1 aliphatic rings. The van der Waals surface area contributed by atoms with E-state index in [0.29, 0.717) is 35.7 Å². The number of nitrogens with one attached hydrogen (secondary N) is 3. The van der Waals surface area contributed by atoms with Crippen molar-refractivity contribution in [3.05, 3.63) is 47.7 Å². The summed E-state index contributed by atoms with van der Waals surface area (Å²) in [6.45, 7) is 4.99. The Morgan fingerprint density at radius 2 is 1.72 bits per heavy atom. The monoisotopic (exact) mass is 438 g/mol. The molecular formula is C24H30N4O4. The summed E-state index contributed by atoms with van der Waals surface area (Å²) >= 11 is 0. The van der Waals surface area contributed by atoms with E-state index in [4.69, 9.17) is 9.47 Å². The fourth-order valence-corrected chi connectivity index (χ4v) is 3.56. The first-order chi connectivity index (χ1) is 15.4. The van der Waals surface area contributed by atoms with Gasteiger partial charge < -0.3 is 30.3 Å². The van der Waals surface area contributed by atoms with Gasteiger partial charge in [-0.25, -0.2) is 0 Å². The van der Waals surface area contributed by atoms with Crippen LogP contribution in [0.15, 0.2) is 42.1 Å². The third kappa shape index (κ3) is 4.70. The standard InChI is InChI=1S/C24H30N4O4/c1-6-18(23-17-12-20(31-4)21(32-5)13-19(17)27-24(23)30)26-15-8-10-16(11-9-15)28(3)22(29)14-25-7-2/h8-13,25-26H,6-7,14H2,1-5H3,(H,27,30)/b23-18-. The molecule has 8 heteroatoms. The van der Waals surface area contributed by atoms with Crippen molar-refractivity contribution in [2.24, 2.45) is 0 Å². The summed E-state index contributed by atoms with van der Waals surface area (Å²) < 4.78 is 10.8. The van der Waals surface area contributed by atoms with Gasteiger partial charge in [0, 0.05) is 35.7 Å². The molecule has 0 saturated carbocycles. The lowest BCUT2D eigenvalue weighted by Crippen LogP contribution is -2.35. The Hall–Kier alpha value is -3.52. The van der Waals surface area contributed by atoms with Crippen LogP contribution in [0.5, 0.6) is 11.5 Å². The van der Waals surface area contributed by atoms with Gasteiger partial charge in [-0.05, 0) is 43.3 Å². The first-order valence-corrected chi connectivity index (χ1v) is 10.6. The molecule has 170 valence electrons. The van der Waals surface area contributed by atoms with Crippen LogP contribution < -0.4 is 30.3 Å². The summed E-state index contributed by atoms with van der Waals surface area (Å²) in [7, 11) is 4.88. The molecule has 3 rings (SSSR count). The number of allylic oxidation sites excluding steroid dienone is 1. The number of likely N-dealkylation sites (N-methyl/N-ethyl adjacent to an activating group) is 2. The van der Waals surface area contributed by atoms with Gasteiger partial charge in [0.05, 0.1) is 32.0 Å². The fraction of sp³-hybridized carbons (Fsp3) is 0.333. The van der Waals surface area contributed by atoms with Crippen molar-refractivity contribution in [1.82, 2.24) is 5.32 Å². The Morgan fingerprint density at radius 1 is 1.06 bits per heavy atom. The molecular weight excluding hydrogens is 408 g/mol. The fourth-order valence-electron chi connectivity index (χ4n) is 3.56. The largest absolute Gasteiger partial charge is 0.493 e. The predicted octanol–water partition coefficient (Wildman–Crippen LogP) is 3.46. The maximum atomic E-state index is 12.8. The average Bonchev–Trinajstić information content (AvgIpc) is 3.14. The zero-order chi connectivity index (χ0) is 23.3. The Morgan fingerprint density at radius 3 is 2.31 bits per heavy atom. The second-order valence-electron chi connectivity index (χ2n) is 7.32. The summed E-state index contributed by atoms with van der Waals surface area (Å²) in [6, 6.07) is 11.1. The number of fused-ring (bicyclic) bond motifs is 1. The Kier molecular flexibility index (Phi) is 7.37. The second kappa shape index (κ2) is 10.2. The number of ether oxygens (including phenoxy) is 2. The number of hydrogen-bond acceptors (Lipinski definition) is 6. The van der Waals surface area contributed by atoms with Gasteiger partial charge in [-0.2, -0.15) is 0 Å². The molecule has 2 aromatic carbocycles. The van der Waals surface area contributed by atoms with Gasteiger partial charge in [0.25, 0.3) is 5.91 Å². The number of carbonyl (C=O) groups is 2. The molecule has 2 aromatic rings. The number of carbonyl (C=O) groups excluding carboxylic acids is 2. The van der Waals surface area contributed by atoms with Crippen molar-refractivity contribution >= 4 is 34.4 Å². The first-order valence-electron chi connectivity index (χ1n) is 10.6. The van der Waals surface area contributed by atoms with Crippen molar-refractivity contribution in [3.63, 3.8) is 0 Å². The SMILES string of the molecule is CCNCC(=O)N(C)c1ccc(N/C(CC)=C2\C(=O)Nc3cc(OC)c(OC)cc32)cc1. The molecule has 0 fully saturated rings. The van der Waals surface area contributed by atoms with Gasteiger partial charge in [0.1, 0.15) is 0 Å². The van der Waals surface area contributed by atoms with Crippen molar-refractivity contribution in [2.45, 2.75) is 20.3 Å². The van der Waals surface area contributed by atoms with Crippen LogP contribution in [0.1, 0.15) is 25.8 Å². The summed E-state index contributed by atoms with van der Waals surface area (Å²) in [6.07, 6.45) is 0.624. The molecule has 0 aromatic heterocycles. The summed E-state index contributed by atoms with van der Waals surface area (Å²) in [5.74, 6) is 0.935. The van der Waals surface area contributed by atoms with E-state index in [2.05, 4.69) is 16.0 Å². The van der Waals surface area contributed by atoms with Gasteiger partial charge >= 0.3 is 0 Å². The molecule has 32 heavy (non-hydrogen) atoms. The molecule has 0 atom stereocenters. The molecule has 1 aliphatic heterocycles. The highest BCUT2D eigenvalue weighted by atomic mass is 16.5.